The Kier molecular flexibility index (Phi) is 4.50. The van der Waals surface area contributed by atoms with Crippen molar-refractivity contribution in [2.45, 2.75) is 56.3 Å². The van der Waals surface area contributed by atoms with Gasteiger partial charge in [0, 0.05) is 6.42 Å². The van der Waals surface area contributed by atoms with Crippen LogP contribution in [0.1, 0.15) is 50.7 Å². The van der Waals surface area contributed by atoms with Gasteiger partial charge in [-0.15, -0.1) is 0 Å². The maximum absolute atomic E-state index is 13.5. The summed E-state index contributed by atoms with van der Waals surface area (Å²) in [5.74, 6) is -1.48. The van der Waals surface area contributed by atoms with E-state index in [2.05, 4.69) is 6.58 Å². The van der Waals surface area contributed by atoms with Gasteiger partial charge in [-0.3, -0.25) is 4.79 Å². The minimum absolute atomic E-state index is 0.233. The van der Waals surface area contributed by atoms with Crippen LogP contribution in [0.15, 0.2) is 72.8 Å². The monoisotopic (exact) mass is 390 g/mol. The van der Waals surface area contributed by atoms with Crippen LogP contribution < -0.4 is 0 Å². The van der Waals surface area contributed by atoms with Crippen molar-refractivity contribution >= 4 is 11.8 Å². The van der Waals surface area contributed by atoms with Crippen molar-refractivity contribution in [3.63, 3.8) is 0 Å². The minimum atomic E-state index is -1.72. The second-order valence-corrected chi connectivity index (χ2v) is 8.82. The van der Waals surface area contributed by atoms with Crippen molar-refractivity contribution in [2.24, 2.45) is 0 Å². The first-order valence-electron chi connectivity index (χ1n) is 9.97. The van der Waals surface area contributed by atoms with Crippen LogP contribution in [0.4, 0.5) is 0 Å². The Hall–Kier alpha value is -2.72. The van der Waals surface area contributed by atoms with Crippen LogP contribution in [0, 0.1) is 0 Å². The van der Waals surface area contributed by atoms with Crippen LogP contribution in [0.25, 0.3) is 0 Å². The molecule has 29 heavy (non-hydrogen) atoms. The Balaban J connectivity index is 1.93. The molecule has 4 rings (SSSR count). The number of carbonyl (C=O) groups excluding carboxylic acids is 2. The molecular weight excluding hydrogens is 364 g/mol. The normalized spacial score (nSPS) is 29.0. The molecule has 4 nitrogen and oxygen atoms in total. The number of fused-ring (bicyclic) bond motifs is 2. The van der Waals surface area contributed by atoms with Gasteiger partial charge in [0.25, 0.3) is 0 Å². The van der Waals surface area contributed by atoms with Gasteiger partial charge in [0.05, 0.1) is 5.92 Å². The van der Waals surface area contributed by atoms with Crippen molar-refractivity contribution in [3.05, 3.63) is 83.9 Å². The molecule has 2 bridgehead atoms. The van der Waals surface area contributed by atoms with Gasteiger partial charge in [-0.1, -0.05) is 67.2 Å². The lowest BCUT2D eigenvalue weighted by Gasteiger charge is -2.39. The van der Waals surface area contributed by atoms with Crippen LogP contribution in [0.2, 0.25) is 0 Å². The molecule has 0 aromatic heterocycles. The maximum Gasteiger partial charge on any atom is 0.347 e. The topological polar surface area (TPSA) is 52.6 Å². The zero-order valence-corrected chi connectivity index (χ0v) is 17.1. The smallest absolute Gasteiger partial charge is 0.347 e. The molecular formula is C25H26O4. The highest BCUT2D eigenvalue weighted by Crippen LogP contribution is 2.61. The predicted molar refractivity (Wildman–Crippen MR) is 110 cm³/mol. The zero-order chi connectivity index (χ0) is 20.9. The Bertz CT molecular complexity index is 957. The summed E-state index contributed by atoms with van der Waals surface area (Å²) in [6.07, 6.45) is 0.694. The molecule has 0 aliphatic carbocycles. The average molecular weight is 390 g/mol. The third-order valence-corrected chi connectivity index (χ3v) is 5.80. The van der Waals surface area contributed by atoms with Crippen molar-refractivity contribution in [1.29, 1.82) is 0 Å². The number of benzene rings is 2. The summed E-state index contributed by atoms with van der Waals surface area (Å²) in [5.41, 5.74) is -0.897. The van der Waals surface area contributed by atoms with E-state index >= 15 is 0 Å². The number of ketones is 1. The van der Waals surface area contributed by atoms with E-state index in [1.807, 2.05) is 60.7 Å². The van der Waals surface area contributed by atoms with Crippen molar-refractivity contribution in [3.8, 4) is 0 Å². The minimum Gasteiger partial charge on any atom is -0.457 e. The standard InChI is InChI=1S/C25H26O4/c1-17-21(18-11-7-5-8-12-18)25(22(27)28-23(2,3)4)20(26)15-16-24(17,29-25)19-13-9-6-10-14-19/h5-14,21H,1,15-16H2,2-4H3/t21-,24+,25-/m0/s1. The lowest BCUT2D eigenvalue weighted by Crippen LogP contribution is -2.56. The van der Waals surface area contributed by atoms with Crippen LogP contribution in [-0.2, 0) is 24.7 Å². The van der Waals surface area contributed by atoms with Crippen molar-refractivity contribution < 1.29 is 19.1 Å². The summed E-state index contributed by atoms with van der Waals surface area (Å²) in [5, 5.41) is 0. The average Bonchev–Trinajstić information content (AvgIpc) is 2.92. The lowest BCUT2D eigenvalue weighted by atomic mass is 9.75. The van der Waals surface area contributed by atoms with Gasteiger partial charge >= 0.3 is 5.97 Å². The third kappa shape index (κ3) is 2.94. The highest BCUT2D eigenvalue weighted by molar-refractivity contribution is 6.10. The van der Waals surface area contributed by atoms with E-state index in [0.717, 1.165) is 16.7 Å². The van der Waals surface area contributed by atoms with Crippen LogP contribution in [-0.4, -0.2) is 23.0 Å². The fourth-order valence-corrected chi connectivity index (χ4v) is 4.59. The van der Waals surface area contributed by atoms with E-state index in [9.17, 15) is 9.59 Å². The number of carbonyl (C=O) groups is 2. The van der Waals surface area contributed by atoms with E-state index in [-0.39, 0.29) is 12.2 Å². The van der Waals surface area contributed by atoms with Gasteiger partial charge in [0.1, 0.15) is 11.2 Å². The first-order valence-corrected chi connectivity index (χ1v) is 9.97. The molecule has 0 N–H and O–H groups in total. The third-order valence-electron chi connectivity index (χ3n) is 5.80. The van der Waals surface area contributed by atoms with E-state index in [0.29, 0.717) is 6.42 Å². The molecule has 2 aliphatic heterocycles. The molecule has 2 heterocycles. The van der Waals surface area contributed by atoms with Crippen molar-refractivity contribution in [2.75, 3.05) is 0 Å². The highest BCUT2D eigenvalue weighted by Gasteiger charge is 2.70. The van der Waals surface area contributed by atoms with Crippen molar-refractivity contribution in [1.82, 2.24) is 0 Å². The summed E-state index contributed by atoms with van der Waals surface area (Å²) < 4.78 is 12.3. The Morgan fingerprint density at radius 2 is 1.66 bits per heavy atom. The summed E-state index contributed by atoms with van der Waals surface area (Å²) >= 11 is 0. The molecule has 2 aromatic rings. The molecule has 2 aromatic carbocycles. The summed E-state index contributed by atoms with van der Waals surface area (Å²) in [6.45, 7) is 9.75. The number of ether oxygens (including phenoxy) is 2. The molecule has 0 spiro atoms. The van der Waals surface area contributed by atoms with Gasteiger partial charge in [0.2, 0.25) is 5.60 Å². The number of hydrogen-bond donors (Lipinski definition) is 0. The van der Waals surface area contributed by atoms with Gasteiger partial charge in [-0.05, 0) is 43.9 Å². The van der Waals surface area contributed by atoms with E-state index in [1.165, 1.54) is 0 Å². The molecule has 0 radical (unpaired) electrons. The molecule has 2 saturated heterocycles. The van der Waals surface area contributed by atoms with E-state index in [4.69, 9.17) is 9.47 Å². The Labute approximate surface area is 171 Å². The molecule has 4 heteroatoms. The predicted octanol–water partition coefficient (Wildman–Crippen LogP) is 4.70. The molecule has 0 unspecified atom stereocenters. The number of esters is 1. The zero-order valence-electron chi connectivity index (χ0n) is 17.1. The molecule has 2 aliphatic rings. The first kappa shape index (κ1) is 19.6. The summed E-state index contributed by atoms with van der Waals surface area (Å²) in [7, 11) is 0. The SMILES string of the molecule is C=C1[C@@H](c2ccccc2)[C@@]2(C(=O)OC(C)(C)C)O[C@]1(c1ccccc1)CCC2=O. The summed E-state index contributed by atoms with van der Waals surface area (Å²) in [6, 6.07) is 19.3. The second-order valence-electron chi connectivity index (χ2n) is 8.82. The van der Waals surface area contributed by atoms with Crippen LogP contribution >= 0.6 is 0 Å². The molecule has 0 saturated carbocycles. The number of rotatable bonds is 3. The van der Waals surface area contributed by atoms with Crippen LogP contribution in [0.3, 0.4) is 0 Å². The highest BCUT2D eigenvalue weighted by atomic mass is 16.6. The van der Waals surface area contributed by atoms with Gasteiger partial charge < -0.3 is 9.47 Å². The second kappa shape index (κ2) is 6.67. The fourth-order valence-electron chi connectivity index (χ4n) is 4.59. The first-order chi connectivity index (χ1) is 13.7. The van der Waals surface area contributed by atoms with E-state index < -0.39 is 28.7 Å². The maximum atomic E-state index is 13.5. The summed E-state index contributed by atoms with van der Waals surface area (Å²) in [4.78, 5) is 26.8. The molecule has 0 amide bonds. The fraction of sp³-hybridized carbons (Fsp3) is 0.360. The Morgan fingerprint density at radius 1 is 1.07 bits per heavy atom. The molecule has 2 fully saturated rings. The van der Waals surface area contributed by atoms with Crippen LogP contribution in [0.5, 0.6) is 0 Å². The van der Waals surface area contributed by atoms with Gasteiger partial charge in [-0.2, -0.15) is 0 Å². The van der Waals surface area contributed by atoms with E-state index in [1.54, 1.807) is 20.8 Å². The van der Waals surface area contributed by atoms with Gasteiger partial charge in [-0.25, -0.2) is 4.79 Å². The molecule has 3 atom stereocenters. The quantitative estimate of drug-likeness (QED) is 0.433. The largest absolute Gasteiger partial charge is 0.457 e. The molecule has 150 valence electrons. The number of hydrogen-bond acceptors (Lipinski definition) is 4. The Morgan fingerprint density at radius 3 is 2.24 bits per heavy atom. The lowest BCUT2D eigenvalue weighted by molar-refractivity contribution is -0.201. The number of Topliss-reactive ketones (excluding diaryl/α,β-unsaturated/α-hetero) is 1. The van der Waals surface area contributed by atoms with Gasteiger partial charge in [0.15, 0.2) is 5.78 Å².